The van der Waals surface area contributed by atoms with E-state index in [1.54, 1.807) is 0 Å². The lowest BCUT2D eigenvalue weighted by atomic mass is 9.87. The van der Waals surface area contributed by atoms with Crippen molar-refractivity contribution in [1.29, 1.82) is 0 Å². The van der Waals surface area contributed by atoms with Crippen LogP contribution in [0.15, 0.2) is 42.5 Å². The molecule has 1 fully saturated rings. The minimum absolute atomic E-state index is 0.0703. The van der Waals surface area contributed by atoms with Gasteiger partial charge in [-0.25, -0.2) is 0 Å². The second kappa shape index (κ2) is 5.66. The van der Waals surface area contributed by atoms with Crippen molar-refractivity contribution in [2.24, 2.45) is 5.92 Å². The van der Waals surface area contributed by atoms with E-state index in [2.05, 4.69) is 24.4 Å². The van der Waals surface area contributed by atoms with E-state index in [9.17, 15) is 4.79 Å². The van der Waals surface area contributed by atoms with Crippen molar-refractivity contribution in [3.8, 4) is 0 Å². The molecule has 2 nitrogen and oxygen atoms in total. The minimum atomic E-state index is 0.0703. The normalized spacial score (nSPS) is 22.6. The van der Waals surface area contributed by atoms with Gasteiger partial charge in [0, 0.05) is 11.6 Å². The number of nitrogens with one attached hydrogen (secondary N) is 1. The highest BCUT2D eigenvalue weighted by atomic mass is 16.1. The molecular formula is C18H21NO. The maximum absolute atomic E-state index is 12.5. The fourth-order valence-corrected chi connectivity index (χ4v) is 3.25. The van der Waals surface area contributed by atoms with Crippen LogP contribution in [-0.2, 0) is 0 Å². The molecule has 104 valence electrons. The molecule has 2 atom stereocenters. The predicted octanol–water partition coefficient (Wildman–Crippen LogP) is 4.15. The van der Waals surface area contributed by atoms with Crippen molar-refractivity contribution >= 4 is 16.7 Å². The van der Waals surface area contributed by atoms with Gasteiger partial charge in [0.2, 0.25) is 0 Å². The highest BCUT2D eigenvalue weighted by molar-refractivity contribution is 6.07. The summed E-state index contributed by atoms with van der Waals surface area (Å²) in [6.45, 7) is 2.27. The monoisotopic (exact) mass is 267 g/mol. The quantitative estimate of drug-likeness (QED) is 0.870. The molecule has 2 heteroatoms. The summed E-state index contributed by atoms with van der Waals surface area (Å²) in [5.74, 6) is 0.794. The third-order valence-electron chi connectivity index (χ3n) is 4.31. The van der Waals surface area contributed by atoms with E-state index in [4.69, 9.17) is 0 Å². The molecular weight excluding hydrogens is 246 g/mol. The van der Waals surface area contributed by atoms with Crippen LogP contribution in [0.3, 0.4) is 0 Å². The Balaban J connectivity index is 1.82. The van der Waals surface area contributed by atoms with Crippen molar-refractivity contribution < 1.29 is 4.79 Å². The van der Waals surface area contributed by atoms with E-state index < -0.39 is 0 Å². The molecule has 1 aliphatic rings. The summed E-state index contributed by atoms with van der Waals surface area (Å²) in [6, 6.07) is 14.3. The van der Waals surface area contributed by atoms with Gasteiger partial charge in [-0.1, -0.05) is 56.2 Å². The molecule has 0 unspecified atom stereocenters. The zero-order chi connectivity index (χ0) is 13.9. The minimum Gasteiger partial charge on any atom is -0.349 e. The van der Waals surface area contributed by atoms with Crippen LogP contribution in [0.25, 0.3) is 10.8 Å². The van der Waals surface area contributed by atoms with Crippen molar-refractivity contribution in [2.45, 2.75) is 38.6 Å². The number of amides is 1. The van der Waals surface area contributed by atoms with Crippen molar-refractivity contribution in [1.82, 2.24) is 5.32 Å². The summed E-state index contributed by atoms with van der Waals surface area (Å²) in [6.07, 6.45) is 4.74. The van der Waals surface area contributed by atoms with Gasteiger partial charge in [0.1, 0.15) is 0 Å². The molecule has 1 amide bonds. The van der Waals surface area contributed by atoms with E-state index >= 15 is 0 Å². The zero-order valence-corrected chi connectivity index (χ0v) is 11.9. The maximum atomic E-state index is 12.5. The summed E-state index contributed by atoms with van der Waals surface area (Å²) in [5.41, 5.74) is 0.793. The largest absolute Gasteiger partial charge is 0.349 e. The molecule has 1 saturated carbocycles. The van der Waals surface area contributed by atoms with Crippen LogP contribution in [0.4, 0.5) is 0 Å². The molecule has 0 heterocycles. The SMILES string of the molecule is C[C@H]1CCC[C@@H](NC(=O)c2cccc3ccccc23)C1. The first-order chi connectivity index (χ1) is 9.74. The Hall–Kier alpha value is -1.83. The van der Waals surface area contributed by atoms with E-state index in [1.807, 2.05) is 30.3 Å². The van der Waals surface area contributed by atoms with Gasteiger partial charge in [0.15, 0.2) is 0 Å². The molecule has 3 rings (SSSR count). The summed E-state index contributed by atoms with van der Waals surface area (Å²) in [5, 5.41) is 5.38. The summed E-state index contributed by atoms with van der Waals surface area (Å²) >= 11 is 0. The number of carbonyl (C=O) groups is 1. The lowest BCUT2D eigenvalue weighted by Crippen LogP contribution is -2.38. The van der Waals surface area contributed by atoms with Gasteiger partial charge in [0.05, 0.1) is 0 Å². The molecule has 0 radical (unpaired) electrons. The van der Waals surface area contributed by atoms with E-state index in [0.29, 0.717) is 6.04 Å². The van der Waals surface area contributed by atoms with Crippen LogP contribution in [0.2, 0.25) is 0 Å². The molecule has 0 aromatic heterocycles. The number of hydrogen-bond donors (Lipinski definition) is 1. The Kier molecular flexibility index (Phi) is 3.72. The van der Waals surface area contributed by atoms with Crippen LogP contribution in [0.1, 0.15) is 43.0 Å². The average molecular weight is 267 g/mol. The second-order valence-electron chi connectivity index (χ2n) is 5.97. The summed E-state index contributed by atoms with van der Waals surface area (Å²) < 4.78 is 0. The van der Waals surface area contributed by atoms with Crippen molar-refractivity contribution in [3.63, 3.8) is 0 Å². The number of rotatable bonds is 2. The third kappa shape index (κ3) is 2.69. The van der Waals surface area contributed by atoms with Gasteiger partial charge in [-0.15, -0.1) is 0 Å². The number of fused-ring (bicyclic) bond motifs is 1. The topological polar surface area (TPSA) is 29.1 Å². The van der Waals surface area contributed by atoms with Crippen LogP contribution >= 0.6 is 0 Å². The standard InChI is InChI=1S/C18H21NO/c1-13-6-4-9-15(12-13)19-18(20)17-11-5-8-14-7-2-3-10-16(14)17/h2-3,5,7-8,10-11,13,15H,4,6,9,12H2,1H3,(H,19,20)/t13-,15+/m0/s1. The number of hydrogen-bond acceptors (Lipinski definition) is 1. The lowest BCUT2D eigenvalue weighted by Gasteiger charge is -2.27. The van der Waals surface area contributed by atoms with Gasteiger partial charge in [-0.3, -0.25) is 4.79 Å². The van der Waals surface area contributed by atoms with Crippen LogP contribution in [-0.4, -0.2) is 11.9 Å². The highest BCUT2D eigenvalue weighted by Gasteiger charge is 2.21. The van der Waals surface area contributed by atoms with Gasteiger partial charge >= 0.3 is 0 Å². The fourth-order valence-electron chi connectivity index (χ4n) is 3.25. The Morgan fingerprint density at radius 1 is 1.10 bits per heavy atom. The molecule has 0 aliphatic heterocycles. The molecule has 2 aromatic carbocycles. The Labute approximate surface area is 120 Å². The van der Waals surface area contributed by atoms with Gasteiger partial charge in [0.25, 0.3) is 5.91 Å². The van der Waals surface area contributed by atoms with E-state index in [1.165, 1.54) is 12.8 Å². The average Bonchev–Trinajstić information content (AvgIpc) is 2.46. The predicted molar refractivity (Wildman–Crippen MR) is 82.8 cm³/mol. The highest BCUT2D eigenvalue weighted by Crippen LogP contribution is 2.24. The van der Waals surface area contributed by atoms with E-state index in [0.717, 1.165) is 35.1 Å². The molecule has 0 spiro atoms. The van der Waals surface area contributed by atoms with Crippen molar-refractivity contribution in [3.05, 3.63) is 48.0 Å². The Morgan fingerprint density at radius 2 is 1.90 bits per heavy atom. The Morgan fingerprint density at radius 3 is 2.75 bits per heavy atom. The fraction of sp³-hybridized carbons (Fsp3) is 0.389. The molecule has 1 aliphatic carbocycles. The number of carbonyl (C=O) groups excluding carboxylic acids is 1. The molecule has 20 heavy (non-hydrogen) atoms. The van der Waals surface area contributed by atoms with Crippen molar-refractivity contribution in [2.75, 3.05) is 0 Å². The molecule has 0 bridgehead atoms. The first kappa shape index (κ1) is 13.2. The third-order valence-corrected chi connectivity index (χ3v) is 4.31. The Bertz CT molecular complexity index is 614. The summed E-state index contributed by atoms with van der Waals surface area (Å²) in [7, 11) is 0. The number of benzene rings is 2. The first-order valence-corrected chi connectivity index (χ1v) is 7.52. The van der Waals surface area contributed by atoms with Crippen LogP contribution in [0.5, 0.6) is 0 Å². The molecule has 1 N–H and O–H groups in total. The molecule has 0 saturated heterocycles. The van der Waals surface area contributed by atoms with Gasteiger partial charge in [-0.05, 0) is 35.6 Å². The van der Waals surface area contributed by atoms with E-state index in [-0.39, 0.29) is 5.91 Å². The molecule has 2 aromatic rings. The summed E-state index contributed by atoms with van der Waals surface area (Å²) in [4.78, 5) is 12.5. The first-order valence-electron chi connectivity index (χ1n) is 7.52. The van der Waals surface area contributed by atoms with Gasteiger partial charge in [-0.2, -0.15) is 0 Å². The zero-order valence-electron chi connectivity index (χ0n) is 11.9. The maximum Gasteiger partial charge on any atom is 0.252 e. The van der Waals surface area contributed by atoms with Crippen LogP contribution < -0.4 is 5.32 Å². The second-order valence-corrected chi connectivity index (χ2v) is 5.97. The van der Waals surface area contributed by atoms with Gasteiger partial charge < -0.3 is 5.32 Å². The van der Waals surface area contributed by atoms with Crippen LogP contribution in [0, 0.1) is 5.92 Å². The smallest absolute Gasteiger partial charge is 0.252 e. The lowest BCUT2D eigenvalue weighted by molar-refractivity contribution is 0.0923.